The van der Waals surface area contributed by atoms with E-state index in [4.69, 9.17) is 16.8 Å². The van der Waals surface area contributed by atoms with Crippen LogP contribution in [0.2, 0.25) is 5.02 Å². The number of nitrogens with zero attached hydrogens (tertiary/aromatic N) is 1. The lowest BCUT2D eigenvalue weighted by molar-refractivity contribution is -0.274. The first-order chi connectivity index (χ1) is 15.3. The van der Waals surface area contributed by atoms with E-state index in [0.29, 0.717) is 5.57 Å². The highest BCUT2D eigenvalue weighted by Crippen LogP contribution is 2.28. The van der Waals surface area contributed by atoms with E-state index in [9.17, 15) is 26.4 Å². The summed E-state index contributed by atoms with van der Waals surface area (Å²) in [7, 11) is -4.28. The number of carbonyl (C=O) groups is 1. The Morgan fingerprint density at radius 2 is 1.79 bits per heavy atom. The summed E-state index contributed by atoms with van der Waals surface area (Å²) in [5, 5.41) is 11.5. The van der Waals surface area contributed by atoms with Crippen molar-refractivity contribution in [3.05, 3.63) is 76.3 Å². The van der Waals surface area contributed by atoms with Crippen molar-refractivity contribution in [2.24, 2.45) is 5.16 Å². The van der Waals surface area contributed by atoms with Crippen molar-refractivity contribution in [2.75, 3.05) is 4.72 Å². The molecule has 0 saturated carbocycles. The first-order valence-electron chi connectivity index (χ1n) is 9.08. The molecular weight excluding hydrogens is 485 g/mol. The van der Waals surface area contributed by atoms with E-state index in [1.165, 1.54) is 30.4 Å². The molecule has 2 N–H and O–H groups in total. The highest BCUT2D eigenvalue weighted by molar-refractivity contribution is 7.92. The summed E-state index contributed by atoms with van der Waals surface area (Å²) in [4.78, 5) is 12.8. The van der Waals surface area contributed by atoms with Crippen LogP contribution in [0.1, 0.15) is 24.2 Å². The standard InChI is InChI=1S/C21H18ClF3N2O5S/c1-13(2)17(4-3-11-26-29)20(28)18-12-14(22)5-10-19(18)27-33(30,31)16-8-6-15(7-9-16)32-21(23,24)25/h3-12,27,29H,1-2H3/b4-3-,26-11+. The van der Waals surface area contributed by atoms with Gasteiger partial charge >= 0.3 is 6.36 Å². The summed E-state index contributed by atoms with van der Waals surface area (Å²) < 4.78 is 68.5. The van der Waals surface area contributed by atoms with Gasteiger partial charge in [-0.15, -0.1) is 13.2 Å². The molecule has 0 saturated heterocycles. The number of ketones is 1. The van der Waals surface area contributed by atoms with Crippen molar-refractivity contribution in [1.29, 1.82) is 0 Å². The third-order valence-electron chi connectivity index (χ3n) is 4.04. The summed E-state index contributed by atoms with van der Waals surface area (Å²) >= 11 is 6.01. The van der Waals surface area contributed by atoms with Crippen molar-refractivity contribution in [3.63, 3.8) is 0 Å². The number of halogens is 4. The van der Waals surface area contributed by atoms with Crippen LogP contribution in [-0.2, 0) is 10.0 Å². The topological polar surface area (TPSA) is 105 Å². The van der Waals surface area contributed by atoms with E-state index in [2.05, 4.69) is 14.6 Å². The molecule has 0 heterocycles. The monoisotopic (exact) mass is 502 g/mol. The quantitative estimate of drug-likeness (QED) is 0.122. The minimum absolute atomic E-state index is 0.0649. The highest BCUT2D eigenvalue weighted by atomic mass is 35.5. The third kappa shape index (κ3) is 7.36. The van der Waals surface area contributed by atoms with Crippen LogP contribution in [0.4, 0.5) is 18.9 Å². The van der Waals surface area contributed by atoms with Gasteiger partial charge in [-0.2, -0.15) is 0 Å². The van der Waals surface area contributed by atoms with Gasteiger partial charge in [-0.05, 0) is 68.5 Å². The van der Waals surface area contributed by atoms with Gasteiger partial charge in [0.05, 0.1) is 16.8 Å². The van der Waals surface area contributed by atoms with Crippen molar-refractivity contribution in [3.8, 4) is 5.75 Å². The second-order valence-electron chi connectivity index (χ2n) is 6.68. The number of rotatable bonds is 8. The molecule has 0 spiro atoms. The van der Waals surface area contributed by atoms with Crippen LogP contribution in [0.5, 0.6) is 5.75 Å². The second-order valence-corrected chi connectivity index (χ2v) is 8.80. The van der Waals surface area contributed by atoms with E-state index in [0.717, 1.165) is 30.5 Å². The van der Waals surface area contributed by atoms with Gasteiger partial charge in [0.2, 0.25) is 0 Å². The average Bonchev–Trinajstić information content (AvgIpc) is 2.71. The normalized spacial score (nSPS) is 12.2. The fourth-order valence-electron chi connectivity index (χ4n) is 2.61. The Bertz CT molecular complexity index is 1220. The van der Waals surface area contributed by atoms with Gasteiger partial charge in [0.1, 0.15) is 5.75 Å². The molecule has 0 bridgehead atoms. The molecule has 0 aliphatic heterocycles. The van der Waals surface area contributed by atoms with Gasteiger partial charge in [0.15, 0.2) is 5.78 Å². The number of Topliss-reactive ketones (excluding diaryl/α,β-unsaturated/α-hetero) is 1. The Morgan fingerprint density at radius 1 is 1.15 bits per heavy atom. The smallest absolute Gasteiger partial charge is 0.411 e. The van der Waals surface area contributed by atoms with Gasteiger partial charge in [0, 0.05) is 16.2 Å². The number of allylic oxidation sites excluding steroid dienone is 4. The number of hydrogen-bond donors (Lipinski definition) is 2. The van der Waals surface area contributed by atoms with E-state index >= 15 is 0 Å². The molecule has 0 aliphatic rings. The molecule has 0 aromatic heterocycles. The summed E-state index contributed by atoms with van der Waals surface area (Å²) in [6.07, 6.45) is -1.17. The number of oxime groups is 1. The van der Waals surface area contributed by atoms with E-state index in [-0.39, 0.29) is 26.7 Å². The molecule has 7 nitrogen and oxygen atoms in total. The first-order valence-corrected chi connectivity index (χ1v) is 10.9. The van der Waals surface area contributed by atoms with Crippen molar-refractivity contribution >= 4 is 39.3 Å². The molecule has 176 valence electrons. The number of carbonyl (C=O) groups excluding carboxylic acids is 1. The van der Waals surface area contributed by atoms with Crippen molar-refractivity contribution in [2.45, 2.75) is 25.1 Å². The van der Waals surface area contributed by atoms with Gasteiger partial charge in [0.25, 0.3) is 10.0 Å². The minimum atomic E-state index is -4.92. The zero-order valence-electron chi connectivity index (χ0n) is 17.2. The number of anilines is 1. The Balaban J connectivity index is 2.42. The summed E-state index contributed by atoms with van der Waals surface area (Å²) in [5.41, 5.74) is 0.635. The average molecular weight is 503 g/mol. The van der Waals surface area contributed by atoms with Gasteiger partial charge in [-0.25, -0.2) is 8.42 Å². The number of hydrogen-bond acceptors (Lipinski definition) is 6. The number of benzene rings is 2. The lowest BCUT2D eigenvalue weighted by Gasteiger charge is -2.14. The Kier molecular flexibility index (Phi) is 8.29. The molecule has 0 radical (unpaired) electrons. The van der Waals surface area contributed by atoms with Crippen LogP contribution in [-0.4, -0.2) is 32.0 Å². The van der Waals surface area contributed by atoms with Crippen LogP contribution < -0.4 is 9.46 Å². The Labute approximate surface area is 192 Å². The predicted molar refractivity (Wildman–Crippen MR) is 118 cm³/mol. The zero-order chi connectivity index (χ0) is 24.8. The fraction of sp³-hybridized carbons (Fsp3) is 0.143. The SMILES string of the molecule is CC(C)=C(/C=C\C=N\O)C(=O)c1cc(Cl)ccc1NS(=O)(=O)c1ccc(OC(F)(F)F)cc1. The van der Waals surface area contributed by atoms with Gasteiger partial charge in [-0.3, -0.25) is 9.52 Å². The summed E-state index contributed by atoms with van der Waals surface area (Å²) in [6, 6.07) is 7.50. The molecule has 2 rings (SSSR count). The number of nitrogens with one attached hydrogen (secondary N) is 1. The number of alkyl halides is 3. The second kappa shape index (κ2) is 10.5. The largest absolute Gasteiger partial charge is 0.573 e. The molecule has 12 heteroatoms. The van der Waals surface area contributed by atoms with Gasteiger partial charge < -0.3 is 9.94 Å². The molecule has 0 fully saturated rings. The maximum atomic E-state index is 13.1. The predicted octanol–water partition coefficient (Wildman–Crippen LogP) is 5.57. The Hall–Kier alpha value is -3.31. The van der Waals surface area contributed by atoms with E-state index in [1.54, 1.807) is 13.8 Å². The third-order valence-corrected chi connectivity index (χ3v) is 5.65. The molecule has 33 heavy (non-hydrogen) atoms. The molecule has 2 aromatic carbocycles. The number of ether oxygens (including phenoxy) is 1. The first kappa shape index (κ1) is 25.9. The zero-order valence-corrected chi connectivity index (χ0v) is 18.8. The van der Waals surface area contributed by atoms with Crippen molar-refractivity contribution < 1.29 is 36.3 Å². The van der Waals surface area contributed by atoms with Crippen molar-refractivity contribution in [1.82, 2.24) is 0 Å². The molecule has 0 unspecified atom stereocenters. The number of sulfonamides is 1. The molecule has 2 aromatic rings. The molecule has 0 aliphatic carbocycles. The maximum Gasteiger partial charge on any atom is 0.573 e. The van der Waals surface area contributed by atoms with E-state index in [1.807, 2.05) is 0 Å². The molecular formula is C21H18ClF3N2O5S. The van der Waals surface area contributed by atoms with Crippen LogP contribution >= 0.6 is 11.6 Å². The lowest BCUT2D eigenvalue weighted by atomic mass is 9.98. The van der Waals surface area contributed by atoms with Gasteiger partial charge in [-0.1, -0.05) is 22.3 Å². The summed E-state index contributed by atoms with van der Waals surface area (Å²) in [6.45, 7) is 3.32. The lowest BCUT2D eigenvalue weighted by Crippen LogP contribution is -2.18. The van der Waals surface area contributed by atoms with Crippen LogP contribution in [0.3, 0.4) is 0 Å². The maximum absolute atomic E-state index is 13.1. The highest BCUT2D eigenvalue weighted by Gasteiger charge is 2.31. The fourth-order valence-corrected chi connectivity index (χ4v) is 3.86. The summed E-state index contributed by atoms with van der Waals surface area (Å²) in [5.74, 6) is -1.15. The Morgan fingerprint density at radius 3 is 2.33 bits per heavy atom. The van der Waals surface area contributed by atoms with Crippen LogP contribution in [0, 0.1) is 0 Å². The molecule has 0 amide bonds. The molecule has 0 atom stereocenters. The van der Waals surface area contributed by atoms with Crippen LogP contribution in [0.25, 0.3) is 0 Å². The van der Waals surface area contributed by atoms with Crippen LogP contribution in [0.15, 0.2) is 75.8 Å². The van der Waals surface area contributed by atoms with E-state index < -0.39 is 27.9 Å². The minimum Gasteiger partial charge on any atom is -0.411 e.